The molecule has 1 aliphatic heterocycles. The molecule has 0 saturated carbocycles. The summed E-state index contributed by atoms with van der Waals surface area (Å²) < 4.78 is 24.9. The van der Waals surface area contributed by atoms with Crippen molar-refractivity contribution >= 4 is 27.3 Å². The lowest BCUT2D eigenvalue weighted by Gasteiger charge is -2.30. The number of carbonyl (C=O) groups excluding carboxylic acids is 1. The Kier molecular flexibility index (Phi) is 3.59. The molecule has 6 nitrogen and oxygen atoms in total. The number of rotatable bonds is 3. The molecule has 1 amide bonds. The number of sulfonamides is 1. The first-order valence-corrected chi connectivity index (χ1v) is 8.19. The Balaban J connectivity index is 1.92. The average molecular weight is 317 g/mol. The standard InChI is InChI=1S/C15H15N3O3S/c1-11-6-8-12(9-7-11)22(20,21)17-18-10-15(19)16-13-4-2-3-5-14(13)18/h2-9,17H,10H2,1H3,(H,16,19). The number of hydrogen-bond acceptors (Lipinski definition) is 4. The zero-order valence-corrected chi connectivity index (χ0v) is 12.7. The molecule has 0 bridgehead atoms. The second-order valence-corrected chi connectivity index (χ2v) is 6.72. The second kappa shape index (κ2) is 5.43. The third kappa shape index (κ3) is 2.81. The lowest BCUT2D eigenvalue weighted by Crippen LogP contribution is -2.49. The number of fused-ring (bicyclic) bond motifs is 1. The molecule has 1 heterocycles. The first kappa shape index (κ1) is 14.6. The van der Waals surface area contributed by atoms with Gasteiger partial charge in [0.15, 0.2) is 0 Å². The Morgan fingerprint density at radius 2 is 1.77 bits per heavy atom. The highest BCUT2D eigenvalue weighted by Crippen LogP contribution is 2.28. The van der Waals surface area contributed by atoms with Crippen molar-refractivity contribution in [3.63, 3.8) is 0 Å². The summed E-state index contributed by atoms with van der Waals surface area (Å²) in [5.41, 5.74) is 2.16. The van der Waals surface area contributed by atoms with E-state index in [4.69, 9.17) is 0 Å². The zero-order chi connectivity index (χ0) is 15.7. The first-order valence-electron chi connectivity index (χ1n) is 6.71. The van der Waals surface area contributed by atoms with Crippen LogP contribution >= 0.6 is 0 Å². The number of hydrazine groups is 1. The Hall–Kier alpha value is -2.38. The fraction of sp³-hybridized carbons (Fsp3) is 0.133. The minimum Gasteiger partial charge on any atom is -0.323 e. The molecule has 1 aliphatic rings. The van der Waals surface area contributed by atoms with E-state index in [-0.39, 0.29) is 17.3 Å². The molecular formula is C15H15N3O3S. The summed E-state index contributed by atoms with van der Waals surface area (Å²) in [4.78, 5) is 14.3. The third-order valence-electron chi connectivity index (χ3n) is 3.33. The van der Waals surface area contributed by atoms with Gasteiger partial charge in [-0.25, -0.2) is 8.42 Å². The quantitative estimate of drug-likeness (QED) is 0.902. The van der Waals surface area contributed by atoms with Gasteiger partial charge in [0.1, 0.15) is 6.54 Å². The van der Waals surface area contributed by atoms with Crippen LogP contribution in [0.3, 0.4) is 0 Å². The molecule has 0 atom stereocenters. The van der Waals surface area contributed by atoms with Gasteiger partial charge in [-0.1, -0.05) is 29.8 Å². The van der Waals surface area contributed by atoms with E-state index in [1.54, 1.807) is 36.4 Å². The monoisotopic (exact) mass is 317 g/mol. The van der Waals surface area contributed by atoms with Gasteiger partial charge in [0.2, 0.25) is 5.91 Å². The lowest BCUT2D eigenvalue weighted by atomic mass is 10.2. The van der Waals surface area contributed by atoms with E-state index in [1.165, 1.54) is 17.1 Å². The molecule has 0 aromatic heterocycles. The first-order chi connectivity index (χ1) is 10.5. The number of amides is 1. The number of anilines is 2. The molecule has 114 valence electrons. The summed E-state index contributed by atoms with van der Waals surface area (Å²) in [6.45, 7) is 1.80. The molecule has 0 radical (unpaired) electrons. The van der Waals surface area contributed by atoms with Crippen molar-refractivity contribution in [1.29, 1.82) is 0 Å². The summed E-state index contributed by atoms with van der Waals surface area (Å²) in [6, 6.07) is 13.5. The Morgan fingerprint density at radius 1 is 1.09 bits per heavy atom. The highest BCUT2D eigenvalue weighted by molar-refractivity contribution is 7.89. The normalized spacial score (nSPS) is 14.4. The molecular weight excluding hydrogens is 302 g/mol. The lowest BCUT2D eigenvalue weighted by molar-refractivity contribution is -0.115. The van der Waals surface area contributed by atoms with Crippen LogP contribution in [0, 0.1) is 6.92 Å². The van der Waals surface area contributed by atoms with Crippen molar-refractivity contribution in [2.75, 3.05) is 16.9 Å². The number of nitrogens with zero attached hydrogens (tertiary/aromatic N) is 1. The van der Waals surface area contributed by atoms with Gasteiger partial charge in [-0.2, -0.15) is 0 Å². The largest absolute Gasteiger partial charge is 0.323 e. The summed E-state index contributed by atoms with van der Waals surface area (Å²) >= 11 is 0. The van der Waals surface area contributed by atoms with E-state index < -0.39 is 10.0 Å². The predicted molar refractivity (Wildman–Crippen MR) is 83.9 cm³/mol. The SMILES string of the molecule is Cc1ccc(S(=O)(=O)NN2CC(=O)Nc3ccccc32)cc1. The molecule has 7 heteroatoms. The molecule has 2 aromatic carbocycles. The number of para-hydroxylation sites is 2. The second-order valence-electron chi connectivity index (χ2n) is 5.06. The average Bonchev–Trinajstić information content (AvgIpc) is 2.47. The molecule has 0 saturated heterocycles. The van der Waals surface area contributed by atoms with Crippen molar-refractivity contribution in [3.05, 3.63) is 54.1 Å². The van der Waals surface area contributed by atoms with Gasteiger partial charge in [-0.3, -0.25) is 9.80 Å². The summed E-state index contributed by atoms with van der Waals surface area (Å²) in [6.07, 6.45) is 0. The Labute approximate surface area is 128 Å². The van der Waals surface area contributed by atoms with Crippen molar-refractivity contribution in [2.24, 2.45) is 0 Å². The molecule has 0 aliphatic carbocycles. The van der Waals surface area contributed by atoms with Crippen molar-refractivity contribution in [3.8, 4) is 0 Å². The Bertz CT molecular complexity index is 816. The molecule has 0 fully saturated rings. The van der Waals surface area contributed by atoms with Gasteiger partial charge >= 0.3 is 0 Å². The van der Waals surface area contributed by atoms with Crippen molar-refractivity contribution in [2.45, 2.75) is 11.8 Å². The fourth-order valence-electron chi connectivity index (χ4n) is 2.23. The minimum atomic E-state index is -3.75. The number of hydrogen-bond donors (Lipinski definition) is 2. The van der Waals surface area contributed by atoms with E-state index in [1.807, 2.05) is 6.92 Å². The highest BCUT2D eigenvalue weighted by atomic mass is 32.2. The van der Waals surface area contributed by atoms with E-state index in [0.29, 0.717) is 11.4 Å². The van der Waals surface area contributed by atoms with Crippen LogP contribution in [-0.4, -0.2) is 20.9 Å². The molecule has 3 rings (SSSR count). The minimum absolute atomic E-state index is 0.0812. The van der Waals surface area contributed by atoms with E-state index in [2.05, 4.69) is 10.1 Å². The van der Waals surface area contributed by atoms with Crippen molar-refractivity contribution in [1.82, 2.24) is 4.83 Å². The van der Waals surface area contributed by atoms with Gasteiger partial charge in [0.25, 0.3) is 10.0 Å². The molecule has 0 unspecified atom stereocenters. The van der Waals surface area contributed by atoms with Crippen LogP contribution in [0.25, 0.3) is 0 Å². The number of carbonyl (C=O) groups is 1. The number of aryl methyl sites for hydroxylation is 1. The van der Waals surface area contributed by atoms with Gasteiger partial charge in [-0.05, 0) is 31.2 Å². The van der Waals surface area contributed by atoms with Crippen LogP contribution in [-0.2, 0) is 14.8 Å². The van der Waals surface area contributed by atoms with Crippen LogP contribution in [0.5, 0.6) is 0 Å². The van der Waals surface area contributed by atoms with Gasteiger partial charge in [0.05, 0.1) is 16.3 Å². The molecule has 22 heavy (non-hydrogen) atoms. The molecule has 2 aromatic rings. The third-order valence-corrected chi connectivity index (χ3v) is 4.69. The van der Waals surface area contributed by atoms with Crippen molar-refractivity contribution < 1.29 is 13.2 Å². The van der Waals surface area contributed by atoms with Crippen LogP contribution < -0.4 is 15.2 Å². The van der Waals surface area contributed by atoms with Crippen LogP contribution in [0.2, 0.25) is 0 Å². The maximum absolute atomic E-state index is 12.4. The smallest absolute Gasteiger partial charge is 0.257 e. The van der Waals surface area contributed by atoms with Crippen LogP contribution in [0.4, 0.5) is 11.4 Å². The van der Waals surface area contributed by atoms with Gasteiger partial charge in [-0.15, -0.1) is 4.83 Å². The van der Waals surface area contributed by atoms with Gasteiger partial charge in [0, 0.05) is 0 Å². The molecule has 2 N–H and O–H groups in total. The number of nitrogens with one attached hydrogen (secondary N) is 2. The number of benzene rings is 2. The zero-order valence-electron chi connectivity index (χ0n) is 11.9. The van der Waals surface area contributed by atoms with E-state index >= 15 is 0 Å². The summed E-state index contributed by atoms with van der Waals surface area (Å²) in [5.74, 6) is -0.273. The van der Waals surface area contributed by atoms with Crippen LogP contribution in [0.1, 0.15) is 5.56 Å². The Morgan fingerprint density at radius 3 is 2.50 bits per heavy atom. The maximum Gasteiger partial charge on any atom is 0.257 e. The van der Waals surface area contributed by atoms with E-state index in [9.17, 15) is 13.2 Å². The summed E-state index contributed by atoms with van der Waals surface area (Å²) in [7, 11) is -3.75. The topological polar surface area (TPSA) is 78.5 Å². The van der Waals surface area contributed by atoms with Gasteiger partial charge < -0.3 is 5.32 Å². The van der Waals surface area contributed by atoms with E-state index in [0.717, 1.165) is 5.56 Å². The highest BCUT2D eigenvalue weighted by Gasteiger charge is 2.26. The maximum atomic E-state index is 12.4. The summed E-state index contributed by atoms with van der Waals surface area (Å²) in [5, 5.41) is 4.04. The predicted octanol–water partition coefficient (Wildman–Crippen LogP) is 1.65. The van der Waals surface area contributed by atoms with Crippen LogP contribution in [0.15, 0.2) is 53.4 Å². The molecule has 0 spiro atoms. The fourth-order valence-corrected chi connectivity index (χ4v) is 3.28.